The van der Waals surface area contributed by atoms with E-state index >= 15 is 0 Å². The maximum absolute atomic E-state index is 4.88. The van der Waals surface area contributed by atoms with Crippen molar-refractivity contribution in [3.05, 3.63) is 120 Å². The summed E-state index contributed by atoms with van der Waals surface area (Å²) in [5.74, 6) is 0. The Morgan fingerprint density at radius 2 is 1.54 bits per heavy atom. The first-order valence-corrected chi connectivity index (χ1v) is 11.6. The number of pyridine rings is 2. The average molecular weight is 629 g/mol. The second kappa shape index (κ2) is 9.00. The maximum Gasteiger partial charge on any atom is 0.0269 e. The summed E-state index contributed by atoms with van der Waals surface area (Å²) in [6, 6.07) is 35.5. The van der Waals surface area contributed by atoms with E-state index < -0.39 is 0 Å². The standard InChI is InChI=1S/C21H16N.C11H8N.Ir/c1-12-11-17-19-18-14(9-6-10-16(18)21(17,2)3)13-7-4-5-8-15(13)20(19)22-12;1-2-6-10(7-3-1)11-8-4-5-9-12-11;/h4-7,9-11H,1-3H3;1-6,8-9H;/q2*-1;. The largest absolute Gasteiger partial charge is 0.305 e. The second-order valence-corrected chi connectivity index (χ2v) is 9.34. The van der Waals surface area contributed by atoms with E-state index in [1.54, 1.807) is 6.20 Å². The minimum atomic E-state index is 0. The van der Waals surface area contributed by atoms with Crippen LogP contribution in [-0.2, 0) is 25.5 Å². The summed E-state index contributed by atoms with van der Waals surface area (Å²) in [4.78, 5) is 9.10. The van der Waals surface area contributed by atoms with Crippen molar-refractivity contribution in [2.24, 2.45) is 0 Å². The summed E-state index contributed by atoms with van der Waals surface area (Å²) in [5, 5.41) is 6.45. The van der Waals surface area contributed by atoms with E-state index in [2.05, 4.69) is 74.3 Å². The molecule has 0 saturated carbocycles. The van der Waals surface area contributed by atoms with Crippen LogP contribution in [0.25, 0.3) is 43.7 Å². The zero-order chi connectivity index (χ0) is 23.3. The van der Waals surface area contributed by atoms with E-state index in [0.29, 0.717) is 0 Å². The molecule has 1 radical (unpaired) electrons. The van der Waals surface area contributed by atoms with Gasteiger partial charge in [0, 0.05) is 37.4 Å². The van der Waals surface area contributed by atoms with Crippen LogP contribution < -0.4 is 0 Å². The van der Waals surface area contributed by atoms with Crippen molar-refractivity contribution in [1.29, 1.82) is 0 Å². The molecule has 2 heterocycles. The van der Waals surface area contributed by atoms with E-state index in [1.165, 1.54) is 32.7 Å². The number of benzene rings is 4. The molecule has 0 N–H and O–H groups in total. The number of aryl methyl sites for hydroxylation is 1. The minimum absolute atomic E-state index is 0. The molecule has 0 unspecified atom stereocenters. The third-order valence-corrected chi connectivity index (χ3v) is 6.84. The fourth-order valence-corrected chi connectivity index (χ4v) is 5.24. The molecule has 7 rings (SSSR count). The predicted octanol–water partition coefficient (Wildman–Crippen LogP) is 7.84. The van der Waals surface area contributed by atoms with Crippen molar-refractivity contribution in [3.63, 3.8) is 0 Å². The maximum atomic E-state index is 4.88. The van der Waals surface area contributed by atoms with Gasteiger partial charge >= 0.3 is 0 Å². The molecular weight excluding hydrogens is 605 g/mol. The summed E-state index contributed by atoms with van der Waals surface area (Å²) < 4.78 is 0. The van der Waals surface area contributed by atoms with E-state index in [4.69, 9.17) is 4.98 Å². The summed E-state index contributed by atoms with van der Waals surface area (Å²) >= 11 is 0. The van der Waals surface area contributed by atoms with Crippen LogP contribution in [0.15, 0.2) is 91.1 Å². The molecule has 0 fully saturated rings. The van der Waals surface area contributed by atoms with Gasteiger partial charge in [-0.25, -0.2) is 0 Å². The van der Waals surface area contributed by atoms with Crippen molar-refractivity contribution >= 4 is 32.4 Å². The molecule has 0 spiro atoms. The Kier molecular flexibility index (Phi) is 6.00. The molecule has 1 aliphatic rings. The molecule has 173 valence electrons. The molecule has 3 heteroatoms. The molecule has 0 aliphatic heterocycles. The van der Waals surface area contributed by atoms with Gasteiger partial charge in [-0.3, -0.25) is 0 Å². The summed E-state index contributed by atoms with van der Waals surface area (Å²) in [5.41, 5.74) is 7.06. The Morgan fingerprint density at radius 3 is 2.31 bits per heavy atom. The van der Waals surface area contributed by atoms with E-state index in [1.807, 2.05) is 48.5 Å². The molecule has 4 aromatic carbocycles. The molecule has 1 aliphatic carbocycles. The van der Waals surface area contributed by atoms with E-state index in [9.17, 15) is 0 Å². The summed E-state index contributed by atoms with van der Waals surface area (Å²) in [6.45, 7) is 6.74. The Labute approximate surface area is 219 Å². The molecule has 0 amide bonds. The molecular formula is C32H24IrN2-2. The summed E-state index contributed by atoms with van der Waals surface area (Å²) in [7, 11) is 0. The fraction of sp³-hybridized carbons (Fsp3) is 0.125. The molecule has 0 atom stereocenters. The summed E-state index contributed by atoms with van der Waals surface area (Å²) in [6.07, 6.45) is 1.79. The topological polar surface area (TPSA) is 25.8 Å². The third kappa shape index (κ3) is 3.76. The number of nitrogens with zero attached hydrogens (tertiary/aromatic N) is 2. The first kappa shape index (κ1) is 23.4. The first-order chi connectivity index (χ1) is 16.6. The monoisotopic (exact) mass is 629 g/mol. The van der Waals surface area contributed by atoms with Gasteiger partial charge in [0.15, 0.2) is 0 Å². The number of aromatic nitrogens is 2. The molecule has 0 bridgehead atoms. The normalized spacial score (nSPS) is 13.0. The molecule has 35 heavy (non-hydrogen) atoms. The van der Waals surface area contributed by atoms with Crippen molar-refractivity contribution < 1.29 is 20.1 Å². The van der Waals surface area contributed by atoms with Gasteiger partial charge in [0.1, 0.15) is 0 Å². The van der Waals surface area contributed by atoms with Crippen LogP contribution in [0.5, 0.6) is 0 Å². The van der Waals surface area contributed by atoms with Gasteiger partial charge < -0.3 is 9.97 Å². The van der Waals surface area contributed by atoms with Crippen LogP contribution >= 0.6 is 0 Å². The zero-order valence-electron chi connectivity index (χ0n) is 19.9. The Bertz CT molecular complexity index is 1640. The number of fused-ring (bicyclic) bond motifs is 3. The zero-order valence-corrected chi connectivity index (χ0v) is 22.3. The van der Waals surface area contributed by atoms with Gasteiger partial charge in [-0.05, 0) is 52.2 Å². The molecule has 2 aromatic heterocycles. The molecule has 0 saturated heterocycles. The molecule has 6 aromatic rings. The molecule has 2 nitrogen and oxygen atoms in total. The quantitative estimate of drug-likeness (QED) is 0.137. The Morgan fingerprint density at radius 1 is 0.743 bits per heavy atom. The second-order valence-electron chi connectivity index (χ2n) is 9.34. The van der Waals surface area contributed by atoms with Gasteiger partial charge in [0.25, 0.3) is 0 Å². The van der Waals surface area contributed by atoms with Crippen molar-refractivity contribution in [2.75, 3.05) is 0 Å². The van der Waals surface area contributed by atoms with Gasteiger partial charge in [-0.1, -0.05) is 55.0 Å². The van der Waals surface area contributed by atoms with Crippen molar-refractivity contribution in [1.82, 2.24) is 9.97 Å². The Balaban J connectivity index is 0.000000167. The minimum Gasteiger partial charge on any atom is -0.305 e. The van der Waals surface area contributed by atoms with Crippen LogP contribution in [0, 0.1) is 19.1 Å². The SMILES string of the molecule is Cc1cc2c3c(n1)c1[c-]cccc1c1cccc(c13)C2(C)C.[Ir].[c-]1ccccc1-c1ccccn1. The van der Waals surface area contributed by atoms with Gasteiger partial charge in [-0.15, -0.1) is 65.5 Å². The fourth-order valence-electron chi connectivity index (χ4n) is 5.24. The van der Waals surface area contributed by atoms with Gasteiger partial charge in [0.05, 0.1) is 0 Å². The average Bonchev–Trinajstić information content (AvgIpc) is 3.12. The number of hydrogen-bond donors (Lipinski definition) is 0. The smallest absolute Gasteiger partial charge is 0.0269 e. The third-order valence-electron chi connectivity index (χ3n) is 6.84. The van der Waals surface area contributed by atoms with E-state index in [0.717, 1.165) is 27.9 Å². The van der Waals surface area contributed by atoms with Gasteiger partial charge in [0.2, 0.25) is 0 Å². The predicted molar refractivity (Wildman–Crippen MR) is 141 cm³/mol. The van der Waals surface area contributed by atoms with Gasteiger partial charge in [-0.2, -0.15) is 0 Å². The first-order valence-electron chi connectivity index (χ1n) is 11.6. The van der Waals surface area contributed by atoms with E-state index in [-0.39, 0.29) is 25.5 Å². The van der Waals surface area contributed by atoms with Crippen LogP contribution in [0.1, 0.15) is 30.7 Å². The van der Waals surface area contributed by atoms with Crippen LogP contribution in [0.2, 0.25) is 0 Å². The van der Waals surface area contributed by atoms with Crippen LogP contribution in [0.4, 0.5) is 0 Å². The Hall–Kier alpha value is -3.39. The van der Waals surface area contributed by atoms with Crippen molar-refractivity contribution in [3.8, 4) is 11.3 Å². The number of rotatable bonds is 1. The van der Waals surface area contributed by atoms with Crippen LogP contribution in [0.3, 0.4) is 0 Å². The number of hydrogen-bond acceptors (Lipinski definition) is 2. The van der Waals surface area contributed by atoms with Crippen molar-refractivity contribution in [2.45, 2.75) is 26.2 Å². The van der Waals surface area contributed by atoms with Crippen LogP contribution in [-0.4, -0.2) is 9.97 Å².